The van der Waals surface area contributed by atoms with Gasteiger partial charge in [-0.05, 0) is 37.6 Å². The standard InChI is InChI=1S/C16H21NO3/c18-14(11-13-4-2-1-3-7-17-13)12-5-6-15-16(10-12)20-9-8-19-15/h5-6,10,13,17H,1-4,7-9,11H2. The van der Waals surface area contributed by atoms with Gasteiger partial charge in [0.05, 0.1) is 0 Å². The number of carbonyl (C=O) groups is 1. The molecule has 0 saturated carbocycles. The lowest BCUT2D eigenvalue weighted by atomic mass is 10.00. The van der Waals surface area contributed by atoms with E-state index in [-0.39, 0.29) is 5.78 Å². The van der Waals surface area contributed by atoms with Crippen LogP contribution in [0.4, 0.5) is 0 Å². The smallest absolute Gasteiger partial charge is 0.164 e. The topological polar surface area (TPSA) is 47.6 Å². The summed E-state index contributed by atoms with van der Waals surface area (Å²) in [5.41, 5.74) is 0.722. The molecule has 0 aromatic heterocycles. The molecule has 108 valence electrons. The third-order valence-corrected chi connectivity index (χ3v) is 3.96. The second kappa shape index (κ2) is 6.27. The van der Waals surface area contributed by atoms with Gasteiger partial charge in [0, 0.05) is 18.0 Å². The van der Waals surface area contributed by atoms with Gasteiger partial charge in [-0.15, -0.1) is 0 Å². The highest BCUT2D eigenvalue weighted by Crippen LogP contribution is 2.31. The van der Waals surface area contributed by atoms with Gasteiger partial charge in [0.2, 0.25) is 0 Å². The molecule has 0 amide bonds. The highest BCUT2D eigenvalue weighted by Gasteiger charge is 2.19. The minimum atomic E-state index is 0.182. The second-order valence-corrected chi connectivity index (χ2v) is 5.49. The van der Waals surface area contributed by atoms with Crippen molar-refractivity contribution < 1.29 is 14.3 Å². The molecule has 4 heteroatoms. The number of carbonyl (C=O) groups excluding carboxylic acids is 1. The van der Waals surface area contributed by atoms with Gasteiger partial charge in [-0.3, -0.25) is 4.79 Å². The summed E-state index contributed by atoms with van der Waals surface area (Å²) in [6.45, 7) is 2.15. The molecule has 0 bridgehead atoms. The molecule has 1 N–H and O–H groups in total. The van der Waals surface area contributed by atoms with Crippen LogP contribution < -0.4 is 14.8 Å². The van der Waals surface area contributed by atoms with E-state index in [9.17, 15) is 4.79 Å². The minimum absolute atomic E-state index is 0.182. The van der Waals surface area contributed by atoms with Crippen LogP contribution >= 0.6 is 0 Å². The maximum atomic E-state index is 12.4. The van der Waals surface area contributed by atoms with Gasteiger partial charge in [-0.2, -0.15) is 0 Å². The Labute approximate surface area is 119 Å². The fourth-order valence-corrected chi connectivity index (χ4v) is 2.83. The van der Waals surface area contributed by atoms with E-state index in [2.05, 4.69) is 5.32 Å². The first-order valence-electron chi connectivity index (χ1n) is 7.49. The Bertz CT molecular complexity index is 479. The Balaban J connectivity index is 1.67. The molecule has 1 aromatic rings. The van der Waals surface area contributed by atoms with E-state index in [1.165, 1.54) is 19.3 Å². The van der Waals surface area contributed by atoms with Crippen molar-refractivity contribution in [3.8, 4) is 11.5 Å². The summed E-state index contributed by atoms with van der Waals surface area (Å²) >= 11 is 0. The molecule has 1 aromatic carbocycles. The van der Waals surface area contributed by atoms with Crippen LogP contribution in [0, 0.1) is 0 Å². The van der Waals surface area contributed by atoms with Crippen molar-refractivity contribution in [1.82, 2.24) is 5.32 Å². The third-order valence-electron chi connectivity index (χ3n) is 3.96. The molecule has 2 aliphatic heterocycles. The number of ketones is 1. The van der Waals surface area contributed by atoms with Crippen LogP contribution in [-0.4, -0.2) is 31.6 Å². The second-order valence-electron chi connectivity index (χ2n) is 5.49. The fraction of sp³-hybridized carbons (Fsp3) is 0.562. The van der Waals surface area contributed by atoms with Gasteiger partial charge >= 0.3 is 0 Å². The highest BCUT2D eigenvalue weighted by molar-refractivity contribution is 5.97. The molecule has 1 unspecified atom stereocenters. The Kier molecular flexibility index (Phi) is 4.21. The van der Waals surface area contributed by atoms with E-state index in [0.29, 0.717) is 31.4 Å². The molecular weight excluding hydrogens is 254 g/mol. The third kappa shape index (κ3) is 3.12. The molecule has 4 nitrogen and oxygen atoms in total. The average molecular weight is 275 g/mol. The van der Waals surface area contributed by atoms with Crippen LogP contribution in [0.2, 0.25) is 0 Å². The van der Waals surface area contributed by atoms with Crippen molar-refractivity contribution >= 4 is 5.78 Å². The summed E-state index contributed by atoms with van der Waals surface area (Å²) in [4.78, 5) is 12.4. The monoisotopic (exact) mass is 275 g/mol. The van der Waals surface area contributed by atoms with Crippen LogP contribution in [0.5, 0.6) is 11.5 Å². The molecule has 1 fully saturated rings. The van der Waals surface area contributed by atoms with Gasteiger partial charge in [0.15, 0.2) is 17.3 Å². The quantitative estimate of drug-likeness (QED) is 0.861. The van der Waals surface area contributed by atoms with E-state index in [1.54, 1.807) is 0 Å². The van der Waals surface area contributed by atoms with E-state index < -0.39 is 0 Å². The van der Waals surface area contributed by atoms with Crippen LogP contribution in [0.25, 0.3) is 0 Å². The van der Waals surface area contributed by atoms with Crippen LogP contribution in [-0.2, 0) is 0 Å². The van der Waals surface area contributed by atoms with Gasteiger partial charge in [0.1, 0.15) is 13.2 Å². The highest BCUT2D eigenvalue weighted by atomic mass is 16.6. The van der Waals surface area contributed by atoms with E-state index in [1.807, 2.05) is 18.2 Å². The molecule has 2 heterocycles. The van der Waals surface area contributed by atoms with Gasteiger partial charge in [-0.25, -0.2) is 0 Å². The van der Waals surface area contributed by atoms with E-state index >= 15 is 0 Å². The van der Waals surface area contributed by atoms with Gasteiger partial charge < -0.3 is 14.8 Å². The average Bonchev–Trinajstić information content (AvgIpc) is 2.75. The molecule has 20 heavy (non-hydrogen) atoms. The molecule has 3 rings (SSSR count). The lowest BCUT2D eigenvalue weighted by molar-refractivity contribution is 0.0967. The van der Waals surface area contributed by atoms with Crippen molar-refractivity contribution in [1.29, 1.82) is 0 Å². The van der Waals surface area contributed by atoms with Crippen LogP contribution in [0.15, 0.2) is 18.2 Å². The zero-order chi connectivity index (χ0) is 13.8. The predicted octanol–water partition coefficient (Wildman–Crippen LogP) is 2.56. The van der Waals surface area contributed by atoms with Crippen molar-refractivity contribution in [3.63, 3.8) is 0 Å². The Morgan fingerprint density at radius 3 is 2.90 bits per heavy atom. The number of nitrogens with one attached hydrogen (secondary N) is 1. The zero-order valence-corrected chi connectivity index (χ0v) is 11.7. The summed E-state index contributed by atoms with van der Waals surface area (Å²) in [6.07, 6.45) is 5.36. The fourth-order valence-electron chi connectivity index (χ4n) is 2.83. The summed E-state index contributed by atoms with van der Waals surface area (Å²) in [7, 11) is 0. The first-order chi connectivity index (χ1) is 9.83. The number of Topliss-reactive ketones (excluding diaryl/α,β-unsaturated/α-hetero) is 1. The maximum absolute atomic E-state index is 12.4. The van der Waals surface area contributed by atoms with Crippen LogP contribution in [0.1, 0.15) is 42.5 Å². The van der Waals surface area contributed by atoms with Crippen LogP contribution in [0.3, 0.4) is 0 Å². The summed E-state index contributed by atoms with van der Waals surface area (Å²) in [5, 5.41) is 3.47. The number of benzene rings is 1. The largest absolute Gasteiger partial charge is 0.486 e. The number of fused-ring (bicyclic) bond motifs is 1. The normalized spacial score (nSPS) is 22.1. The molecule has 1 atom stereocenters. The van der Waals surface area contributed by atoms with Gasteiger partial charge in [-0.1, -0.05) is 12.8 Å². The summed E-state index contributed by atoms with van der Waals surface area (Å²) in [6, 6.07) is 5.81. The summed E-state index contributed by atoms with van der Waals surface area (Å²) < 4.78 is 11.0. The van der Waals surface area contributed by atoms with Crippen molar-refractivity contribution in [2.45, 2.75) is 38.1 Å². The Morgan fingerprint density at radius 1 is 1.15 bits per heavy atom. The first-order valence-corrected chi connectivity index (χ1v) is 7.49. The van der Waals surface area contributed by atoms with Crippen molar-refractivity contribution in [3.05, 3.63) is 23.8 Å². The lowest BCUT2D eigenvalue weighted by Gasteiger charge is -2.19. The minimum Gasteiger partial charge on any atom is -0.486 e. The van der Waals surface area contributed by atoms with E-state index in [0.717, 1.165) is 24.3 Å². The molecular formula is C16H21NO3. The SMILES string of the molecule is O=C(CC1CCCCCN1)c1ccc2c(c1)OCCO2. The van der Waals surface area contributed by atoms with E-state index in [4.69, 9.17) is 9.47 Å². The predicted molar refractivity (Wildman–Crippen MR) is 76.6 cm³/mol. The van der Waals surface area contributed by atoms with Crippen molar-refractivity contribution in [2.24, 2.45) is 0 Å². The number of hydrogen-bond acceptors (Lipinski definition) is 4. The molecule has 0 aliphatic carbocycles. The maximum Gasteiger partial charge on any atom is 0.164 e. The zero-order valence-electron chi connectivity index (χ0n) is 11.7. The number of hydrogen-bond donors (Lipinski definition) is 1. The lowest BCUT2D eigenvalue weighted by Crippen LogP contribution is -2.30. The molecule has 0 spiro atoms. The molecule has 2 aliphatic rings. The number of rotatable bonds is 3. The van der Waals surface area contributed by atoms with Crippen molar-refractivity contribution in [2.75, 3.05) is 19.8 Å². The molecule has 0 radical (unpaired) electrons. The summed E-state index contributed by atoms with van der Waals surface area (Å²) in [5.74, 6) is 1.61. The Morgan fingerprint density at radius 2 is 2.00 bits per heavy atom. The number of ether oxygens (including phenoxy) is 2. The Hall–Kier alpha value is -1.55. The molecule has 1 saturated heterocycles. The van der Waals surface area contributed by atoms with Gasteiger partial charge in [0.25, 0.3) is 0 Å². The first kappa shape index (κ1) is 13.4.